The largest absolute Gasteiger partial charge is 0.446 e. The maximum absolute atomic E-state index is 12.5. The van der Waals surface area contributed by atoms with Gasteiger partial charge in [-0.1, -0.05) is 6.07 Å². The summed E-state index contributed by atoms with van der Waals surface area (Å²) in [6.45, 7) is 1.74. The van der Waals surface area contributed by atoms with Crippen LogP contribution in [0.2, 0.25) is 0 Å². The van der Waals surface area contributed by atoms with Crippen molar-refractivity contribution in [2.24, 2.45) is 0 Å². The van der Waals surface area contributed by atoms with Gasteiger partial charge in [-0.05, 0) is 36.4 Å². The smallest absolute Gasteiger partial charge is 0.359 e. The van der Waals surface area contributed by atoms with Gasteiger partial charge in [-0.2, -0.15) is 13.2 Å². The zero-order valence-corrected chi connectivity index (χ0v) is 12.8. The Bertz CT molecular complexity index is 550. The summed E-state index contributed by atoms with van der Waals surface area (Å²) in [4.78, 5) is 22.5. The van der Waals surface area contributed by atoms with Gasteiger partial charge in [0, 0.05) is 24.9 Å². The number of hydrogen-bond acceptors (Lipinski definition) is 3. The second-order valence-corrected chi connectivity index (χ2v) is 5.46. The van der Waals surface area contributed by atoms with Gasteiger partial charge in [0.25, 0.3) is 0 Å². The number of halogens is 3. The highest BCUT2D eigenvalue weighted by atomic mass is 32.2. The Hall–Kier alpha value is -1.90. The number of thioether (sulfide) groups is 1. The predicted octanol–water partition coefficient (Wildman–Crippen LogP) is 2.86. The molecule has 3 N–H and O–H groups in total. The maximum atomic E-state index is 12.5. The number of hydrogen-bond donors (Lipinski definition) is 3. The van der Waals surface area contributed by atoms with Crippen LogP contribution in [-0.4, -0.2) is 31.0 Å². The van der Waals surface area contributed by atoms with Crippen LogP contribution in [0.4, 0.5) is 23.7 Å². The molecule has 1 aromatic rings. The first-order valence-corrected chi connectivity index (χ1v) is 7.15. The number of amides is 3. The number of urea groups is 1. The molecule has 0 bridgehead atoms. The van der Waals surface area contributed by atoms with Crippen molar-refractivity contribution in [2.45, 2.75) is 23.7 Å². The standard InChI is InChI=1S/C13H16F3N3O2S/c1-8-3-4-9(10(7-8)22-13(14,15)16)19-12(21)18-6-5-11(20)17-2/h3-4,7H,5-6H2,1-2H3,(H,17,20)(H2,18,19,21). The van der Waals surface area contributed by atoms with Crippen molar-refractivity contribution in [3.8, 4) is 0 Å². The summed E-state index contributed by atoms with van der Waals surface area (Å²) in [6, 6.07) is 3.68. The first-order valence-electron chi connectivity index (χ1n) is 6.33. The molecule has 0 fully saturated rings. The Morgan fingerprint density at radius 2 is 1.95 bits per heavy atom. The average Bonchev–Trinajstić information content (AvgIpc) is 2.40. The highest BCUT2D eigenvalue weighted by Crippen LogP contribution is 2.40. The van der Waals surface area contributed by atoms with E-state index < -0.39 is 11.5 Å². The van der Waals surface area contributed by atoms with Crippen LogP contribution in [0.3, 0.4) is 0 Å². The zero-order valence-electron chi connectivity index (χ0n) is 12.0. The molecule has 0 saturated carbocycles. The van der Waals surface area contributed by atoms with Crippen molar-refractivity contribution >= 4 is 29.4 Å². The van der Waals surface area contributed by atoms with E-state index >= 15 is 0 Å². The molecule has 0 saturated heterocycles. The molecule has 0 atom stereocenters. The fourth-order valence-corrected chi connectivity index (χ4v) is 2.25. The summed E-state index contributed by atoms with van der Waals surface area (Å²) < 4.78 is 37.5. The number of alkyl halides is 3. The lowest BCUT2D eigenvalue weighted by Crippen LogP contribution is -2.32. The van der Waals surface area contributed by atoms with E-state index in [2.05, 4.69) is 16.0 Å². The minimum atomic E-state index is -4.44. The number of aryl methyl sites for hydroxylation is 1. The maximum Gasteiger partial charge on any atom is 0.446 e. The first-order chi connectivity index (χ1) is 10.2. The molecule has 1 aromatic carbocycles. The molecule has 0 heterocycles. The zero-order chi connectivity index (χ0) is 16.8. The molecule has 22 heavy (non-hydrogen) atoms. The van der Waals surface area contributed by atoms with Gasteiger partial charge in [-0.25, -0.2) is 4.79 Å². The third-order valence-corrected chi connectivity index (χ3v) is 3.32. The Balaban J connectivity index is 2.68. The normalized spacial score (nSPS) is 11.0. The fourth-order valence-electron chi connectivity index (χ4n) is 1.52. The van der Waals surface area contributed by atoms with Crippen LogP contribution < -0.4 is 16.0 Å². The Morgan fingerprint density at radius 1 is 1.27 bits per heavy atom. The fraction of sp³-hybridized carbons (Fsp3) is 0.385. The average molecular weight is 335 g/mol. The van der Waals surface area contributed by atoms with Gasteiger partial charge in [0.15, 0.2) is 0 Å². The van der Waals surface area contributed by atoms with Crippen LogP contribution in [0.1, 0.15) is 12.0 Å². The SMILES string of the molecule is CNC(=O)CCNC(=O)Nc1ccc(C)cc1SC(F)(F)F. The number of benzene rings is 1. The number of carbonyl (C=O) groups is 2. The van der Waals surface area contributed by atoms with E-state index in [0.29, 0.717) is 5.56 Å². The topological polar surface area (TPSA) is 70.2 Å². The third-order valence-electron chi connectivity index (χ3n) is 2.53. The summed E-state index contributed by atoms with van der Waals surface area (Å²) in [5.41, 5.74) is -3.73. The van der Waals surface area contributed by atoms with Crippen LogP contribution in [0.25, 0.3) is 0 Å². The monoisotopic (exact) mass is 335 g/mol. The molecule has 9 heteroatoms. The second-order valence-electron chi connectivity index (χ2n) is 4.35. The molecule has 3 amide bonds. The van der Waals surface area contributed by atoms with Crippen LogP contribution in [0.15, 0.2) is 23.1 Å². The minimum absolute atomic E-state index is 0.0605. The summed E-state index contributed by atoms with van der Waals surface area (Å²) in [5.74, 6) is -0.246. The van der Waals surface area contributed by atoms with E-state index in [-0.39, 0.29) is 41.2 Å². The second kappa shape index (κ2) is 7.92. The van der Waals surface area contributed by atoms with E-state index in [4.69, 9.17) is 0 Å². The van der Waals surface area contributed by atoms with E-state index in [1.54, 1.807) is 13.0 Å². The number of carbonyl (C=O) groups excluding carboxylic acids is 2. The van der Waals surface area contributed by atoms with Crippen molar-refractivity contribution in [1.29, 1.82) is 0 Å². The summed E-state index contributed by atoms with van der Waals surface area (Å²) in [6.07, 6.45) is 0.0853. The molecule has 0 aliphatic heterocycles. The molecule has 122 valence electrons. The van der Waals surface area contributed by atoms with E-state index in [1.807, 2.05) is 0 Å². The quantitative estimate of drug-likeness (QED) is 0.725. The third kappa shape index (κ3) is 6.70. The molecule has 0 spiro atoms. The van der Waals surface area contributed by atoms with Crippen molar-refractivity contribution in [2.75, 3.05) is 18.9 Å². The first kappa shape index (κ1) is 18.1. The van der Waals surface area contributed by atoms with Gasteiger partial charge in [-0.15, -0.1) is 0 Å². The minimum Gasteiger partial charge on any atom is -0.359 e. The highest BCUT2D eigenvalue weighted by Gasteiger charge is 2.30. The number of nitrogens with one attached hydrogen (secondary N) is 3. The van der Waals surface area contributed by atoms with E-state index in [9.17, 15) is 22.8 Å². The lowest BCUT2D eigenvalue weighted by atomic mass is 10.2. The lowest BCUT2D eigenvalue weighted by Gasteiger charge is -2.13. The Morgan fingerprint density at radius 3 is 2.55 bits per heavy atom. The van der Waals surface area contributed by atoms with E-state index in [0.717, 1.165) is 0 Å². The van der Waals surface area contributed by atoms with Crippen molar-refractivity contribution < 1.29 is 22.8 Å². The van der Waals surface area contributed by atoms with E-state index in [1.165, 1.54) is 19.2 Å². The molecule has 0 aliphatic carbocycles. The summed E-state index contributed by atoms with van der Waals surface area (Å²) in [5, 5.41) is 7.14. The van der Waals surface area contributed by atoms with Gasteiger partial charge < -0.3 is 16.0 Å². The summed E-state index contributed by atoms with van der Waals surface area (Å²) >= 11 is -0.291. The Kier molecular flexibility index (Phi) is 6.54. The molecular weight excluding hydrogens is 319 g/mol. The van der Waals surface area contributed by atoms with Crippen LogP contribution in [0, 0.1) is 6.92 Å². The number of anilines is 1. The molecule has 0 aromatic heterocycles. The van der Waals surface area contributed by atoms with Crippen LogP contribution in [0.5, 0.6) is 0 Å². The highest BCUT2D eigenvalue weighted by molar-refractivity contribution is 8.00. The van der Waals surface area contributed by atoms with Gasteiger partial charge >= 0.3 is 11.5 Å². The lowest BCUT2D eigenvalue weighted by molar-refractivity contribution is -0.120. The number of rotatable bonds is 5. The molecule has 0 aliphatic rings. The molecule has 0 unspecified atom stereocenters. The van der Waals surface area contributed by atoms with Crippen molar-refractivity contribution in [3.63, 3.8) is 0 Å². The van der Waals surface area contributed by atoms with Crippen LogP contribution >= 0.6 is 11.8 Å². The van der Waals surface area contributed by atoms with Gasteiger partial charge in [-0.3, -0.25) is 4.79 Å². The molecule has 1 rings (SSSR count). The van der Waals surface area contributed by atoms with Gasteiger partial charge in [0.2, 0.25) is 5.91 Å². The summed E-state index contributed by atoms with van der Waals surface area (Å²) in [7, 11) is 1.47. The van der Waals surface area contributed by atoms with Gasteiger partial charge in [0.1, 0.15) is 0 Å². The van der Waals surface area contributed by atoms with Crippen molar-refractivity contribution in [3.05, 3.63) is 23.8 Å². The molecule has 0 radical (unpaired) electrons. The van der Waals surface area contributed by atoms with Crippen LogP contribution in [-0.2, 0) is 4.79 Å². The molecule has 5 nitrogen and oxygen atoms in total. The van der Waals surface area contributed by atoms with Gasteiger partial charge in [0.05, 0.1) is 5.69 Å². The Labute approximate surface area is 130 Å². The van der Waals surface area contributed by atoms with Crippen molar-refractivity contribution in [1.82, 2.24) is 10.6 Å². The predicted molar refractivity (Wildman–Crippen MR) is 78.8 cm³/mol. The molecular formula is C13H16F3N3O2S.